The number of benzene rings is 1. The van der Waals surface area contributed by atoms with Crippen LogP contribution in [-0.2, 0) is 9.53 Å². The molecule has 0 N–H and O–H groups in total. The van der Waals surface area contributed by atoms with Crippen LogP contribution < -0.4 is 4.74 Å². The van der Waals surface area contributed by atoms with Crippen molar-refractivity contribution in [2.24, 2.45) is 11.8 Å². The highest BCUT2D eigenvalue weighted by atomic mass is 35.5. The highest BCUT2D eigenvalue weighted by molar-refractivity contribution is 6.30. The Morgan fingerprint density at radius 1 is 1.38 bits per heavy atom. The van der Waals surface area contributed by atoms with Crippen molar-refractivity contribution in [3.63, 3.8) is 0 Å². The Hall–Kier alpha value is -1.48. The number of carbonyl (C=O) groups excluding carboxylic acids is 1. The van der Waals surface area contributed by atoms with Crippen LogP contribution in [0.15, 0.2) is 36.4 Å². The summed E-state index contributed by atoms with van der Waals surface area (Å²) in [7, 11) is 0. The summed E-state index contributed by atoms with van der Waals surface area (Å²) in [6.45, 7) is 0.632. The molecule has 1 aromatic rings. The highest BCUT2D eigenvalue weighted by Crippen LogP contribution is 2.41. The van der Waals surface area contributed by atoms with Crippen LogP contribution in [0.25, 0.3) is 0 Å². The molecule has 112 valence electrons. The number of allylic oxidation sites excluding steroid dienone is 1. The summed E-state index contributed by atoms with van der Waals surface area (Å²) in [6.07, 6.45) is 8.11. The van der Waals surface area contributed by atoms with Crippen molar-refractivity contribution in [3.8, 4) is 5.75 Å². The average molecular weight is 307 g/mol. The topological polar surface area (TPSA) is 35.5 Å². The molecule has 1 aliphatic carbocycles. The summed E-state index contributed by atoms with van der Waals surface area (Å²) < 4.78 is 10.9. The van der Waals surface area contributed by atoms with E-state index in [1.807, 2.05) is 24.3 Å². The van der Waals surface area contributed by atoms with Crippen molar-refractivity contribution in [3.05, 3.63) is 41.4 Å². The van der Waals surface area contributed by atoms with Crippen LogP contribution in [0.3, 0.4) is 0 Å². The molecule has 4 heteroatoms. The molecule has 0 amide bonds. The van der Waals surface area contributed by atoms with Gasteiger partial charge in [0, 0.05) is 10.9 Å². The van der Waals surface area contributed by atoms with Crippen LogP contribution in [0.2, 0.25) is 5.02 Å². The Kier molecular flexibility index (Phi) is 4.49. The van der Waals surface area contributed by atoms with Crippen LogP contribution in [0, 0.1) is 11.8 Å². The molecule has 0 bridgehead atoms. The number of carbonyl (C=O) groups is 1. The van der Waals surface area contributed by atoms with Gasteiger partial charge in [0.2, 0.25) is 0 Å². The molecular formula is C17H19ClO3. The SMILES string of the molecule is O=C1C[C@@H]2C(/C=C/CCOc3cccc(Cl)c3)CC[C@@H]2O1. The largest absolute Gasteiger partial charge is 0.493 e. The minimum Gasteiger partial charge on any atom is -0.493 e. The van der Waals surface area contributed by atoms with E-state index in [1.165, 1.54) is 0 Å². The summed E-state index contributed by atoms with van der Waals surface area (Å²) in [5.74, 6) is 1.63. The molecule has 2 aliphatic rings. The van der Waals surface area contributed by atoms with Gasteiger partial charge in [-0.2, -0.15) is 0 Å². The monoisotopic (exact) mass is 306 g/mol. The number of halogens is 1. The van der Waals surface area contributed by atoms with E-state index < -0.39 is 0 Å². The maximum atomic E-state index is 11.3. The summed E-state index contributed by atoms with van der Waals surface area (Å²) in [5.41, 5.74) is 0. The van der Waals surface area contributed by atoms with Crippen LogP contribution >= 0.6 is 11.6 Å². The van der Waals surface area contributed by atoms with Crippen molar-refractivity contribution >= 4 is 17.6 Å². The molecule has 1 saturated carbocycles. The quantitative estimate of drug-likeness (QED) is 0.468. The molecule has 0 radical (unpaired) electrons. The molecule has 21 heavy (non-hydrogen) atoms. The maximum Gasteiger partial charge on any atom is 0.306 e. The van der Waals surface area contributed by atoms with Crippen molar-refractivity contribution in [1.82, 2.24) is 0 Å². The lowest BCUT2D eigenvalue weighted by molar-refractivity contribution is -0.141. The van der Waals surface area contributed by atoms with Gasteiger partial charge in [-0.25, -0.2) is 0 Å². The third-order valence-corrected chi connectivity index (χ3v) is 4.46. The van der Waals surface area contributed by atoms with Gasteiger partial charge in [-0.3, -0.25) is 4.79 Å². The van der Waals surface area contributed by atoms with Crippen molar-refractivity contribution in [2.75, 3.05) is 6.61 Å². The van der Waals surface area contributed by atoms with Gasteiger partial charge in [-0.1, -0.05) is 29.8 Å². The zero-order chi connectivity index (χ0) is 14.7. The fourth-order valence-electron chi connectivity index (χ4n) is 3.21. The van der Waals surface area contributed by atoms with Crippen LogP contribution in [0.5, 0.6) is 5.75 Å². The lowest BCUT2D eigenvalue weighted by atomic mass is 9.93. The van der Waals surface area contributed by atoms with Gasteiger partial charge >= 0.3 is 5.97 Å². The molecule has 0 aromatic heterocycles. The molecule has 3 atom stereocenters. The summed E-state index contributed by atoms with van der Waals surface area (Å²) >= 11 is 5.90. The van der Waals surface area contributed by atoms with Crippen molar-refractivity contribution in [2.45, 2.75) is 31.8 Å². The van der Waals surface area contributed by atoms with E-state index >= 15 is 0 Å². The first kappa shape index (κ1) is 14.5. The summed E-state index contributed by atoms with van der Waals surface area (Å²) in [6, 6.07) is 7.42. The first-order valence-corrected chi connectivity index (χ1v) is 7.84. The minimum absolute atomic E-state index is 0.0348. The lowest BCUT2D eigenvalue weighted by Gasteiger charge is -2.11. The zero-order valence-corrected chi connectivity index (χ0v) is 12.6. The Morgan fingerprint density at radius 3 is 3.14 bits per heavy atom. The molecule has 1 saturated heterocycles. The van der Waals surface area contributed by atoms with Crippen molar-refractivity contribution in [1.29, 1.82) is 0 Å². The molecule has 3 rings (SSSR count). The maximum absolute atomic E-state index is 11.3. The van der Waals surface area contributed by atoms with Gasteiger partial charge < -0.3 is 9.47 Å². The van der Waals surface area contributed by atoms with Crippen molar-refractivity contribution < 1.29 is 14.3 Å². The zero-order valence-electron chi connectivity index (χ0n) is 11.8. The Labute approximate surface area is 129 Å². The second kappa shape index (κ2) is 6.52. The number of ether oxygens (including phenoxy) is 2. The van der Waals surface area contributed by atoms with Gasteiger partial charge in [0.25, 0.3) is 0 Å². The molecule has 3 nitrogen and oxygen atoms in total. The van der Waals surface area contributed by atoms with E-state index in [4.69, 9.17) is 21.1 Å². The Balaban J connectivity index is 1.42. The molecule has 1 unspecified atom stereocenters. The van der Waals surface area contributed by atoms with Gasteiger partial charge in [-0.15, -0.1) is 0 Å². The van der Waals surface area contributed by atoms with Gasteiger partial charge in [-0.05, 0) is 43.4 Å². The molecule has 1 aromatic carbocycles. The number of hydrogen-bond donors (Lipinski definition) is 0. The average Bonchev–Trinajstić information content (AvgIpc) is 2.98. The summed E-state index contributed by atoms with van der Waals surface area (Å²) in [5, 5.41) is 0.686. The lowest BCUT2D eigenvalue weighted by Crippen LogP contribution is -2.12. The molecule has 0 spiro atoms. The van der Waals surface area contributed by atoms with Crippen LogP contribution in [0.4, 0.5) is 0 Å². The number of hydrogen-bond acceptors (Lipinski definition) is 3. The second-order valence-corrected chi connectivity index (χ2v) is 6.10. The predicted molar refractivity (Wildman–Crippen MR) is 81.4 cm³/mol. The van der Waals surface area contributed by atoms with Gasteiger partial charge in [0.15, 0.2) is 0 Å². The molecule has 2 fully saturated rings. The first-order valence-electron chi connectivity index (χ1n) is 7.47. The normalized spacial score (nSPS) is 27.9. The highest BCUT2D eigenvalue weighted by Gasteiger charge is 2.43. The number of esters is 1. The smallest absolute Gasteiger partial charge is 0.306 e. The second-order valence-electron chi connectivity index (χ2n) is 5.66. The fourth-order valence-corrected chi connectivity index (χ4v) is 3.39. The van der Waals surface area contributed by atoms with E-state index in [2.05, 4.69) is 12.2 Å². The van der Waals surface area contributed by atoms with Gasteiger partial charge in [0.1, 0.15) is 11.9 Å². The Morgan fingerprint density at radius 2 is 2.29 bits per heavy atom. The third kappa shape index (κ3) is 3.59. The van der Waals surface area contributed by atoms with E-state index in [0.717, 1.165) is 25.0 Å². The van der Waals surface area contributed by atoms with Crippen LogP contribution in [-0.4, -0.2) is 18.7 Å². The molecular weight excluding hydrogens is 288 g/mol. The van der Waals surface area contributed by atoms with E-state index in [9.17, 15) is 4.79 Å². The first-order chi connectivity index (χ1) is 10.2. The minimum atomic E-state index is -0.0348. The Bertz CT molecular complexity index is 541. The van der Waals surface area contributed by atoms with Gasteiger partial charge in [0.05, 0.1) is 13.0 Å². The number of rotatable bonds is 5. The van der Waals surface area contributed by atoms with E-state index in [-0.39, 0.29) is 12.1 Å². The predicted octanol–water partition coefficient (Wildman–Crippen LogP) is 4.01. The summed E-state index contributed by atoms with van der Waals surface area (Å²) in [4.78, 5) is 11.3. The third-order valence-electron chi connectivity index (χ3n) is 4.23. The molecule has 1 heterocycles. The molecule has 1 aliphatic heterocycles. The standard InChI is InChI=1S/C17H19ClO3/c18-13-5-3-6-14(10-13)20-9-2-1-4-12-7-8-16-15(12)11-17(19)21-16/h1,3-6,10,12,15-16H,2,7-9,11H2/b4-1+/t12?,15-,16+/m1/s1. The van der Waals surface area contributed by atoms with E-state index in [0.29, 0.717) is 29.9 Å². The fraction of sp³-hybridized carbons (Fsp3) is 0.471. The number of fused-ring (bicyclic) bond motifs is 1. The van der Waals surface area contributed by atoms with Crippen LogP contribution in [0.1, 0.15) is 25.7 Å². The van der Waals surface area contributed by atoms with E-state index in [1.54, 1.807) is 0 Å².